The lowest BCUT2D eigenvalue weighted by molar-refractivity contribution is -0.385. The maximum Gasteiger partial charge on any atom is 0.310 e. The predicted molar refractivity (Wildman–Crippen MR) is 75.2 cm³/mol. The number of carbonyl (C=O) groups is 1. The average molecular weight is 294 g/mol. The van der Waals surface area contributed by atoms with Gasteiger partial charge in [0.2, 0.25) is 0 Å². The number of rotatable bonds is 4. The summed E-state index contributed by atoms with van der Waals surface area (Å²) in [5.74, 6) is -0.0967. The third kappa shape index (κ3) is 3.69. The van der Waals surface area contributed by atoms with E-state index in [1.165, 1.54) is 12.1 Å². The van der Waals surface area contributed by atoms with Crippen LogP contribution in [0.2, 0.25) is 0 Å². The molecule has 2 rings (SSSR count). The molecule has 2 atom stereocenters. The fraction of sp³-hybridized carbons (Fsp3) is 0.500. The van der Waals surface area contributed by atoms with E-state index in [0.717, 1.165) is 0 Å². The van der Waals surface area contributed by atoms with Crippen molar-refractivity contribution < 1.29 is 19.2 Å². The molecule has 0 saturated carbocycles. The Balaban J connectivity index is 1.99. The van der Waals surface area contributed by atoms with Crippen LogP contribution in [-0.2, 0) is 9.53 Å². The third-order valence-electron chi connectivity index (χ3n) is 3.34. The molecule has 7 heteroatoms. The first-order valence-corrected chi connectivity index (χ1v) is 6.76. The van der Waals surface area contributed by atoms with Crippen molar-refractivity contribution in [2.45, 2.75) is 26.0 Å². The van der Waals surface area contributed by atoms with Crippen LogP contribution >= 0.6 is 0 Å². The van der Waals surface area contributed by atoms with Crippen LogP contribution in [-0.4, -0.2) is 47.6 Å². The number of nitro groups is 1. The van der Waals surface area contributed by atoms with Crippen molar-refractivity contribution in [1.29, 1.82) is 0 Å². The molecule has 1 aromatic carbocycles. The van der Waals surface area contributed by atoms with Gasteiger partial charge < -0.3 is 14.4 Å². The Kier molecular flexibility index (Phi) is 4.74. The first-order valence-electron chi connectivity index (χ1n) is 6.76. The molecule has 0 spiro atoms. The number of ether oxygens (including phenoxy) is 2. The first-order chi connectivity index (χ1) is 9.99. The van der Waals surface area contributed by atoms with E-state index in [4.69, 9.17) is 9.47 Å². The molecule has 0 N–H and O–H groups in total. The third-order valence-corrected chi connectivity index (χ3v) is 3.34. The number of para-hydroxylation sites is 2. The highest BCUT2D eigenvalue weighted by molar-refractivity contribution is 5.78. The van der Waals surface area contributed by atoms with Gasteiger partial charge in [-0.2, -0.15) is 0 Å². The van der Waals surface area contributed by atoms with Crippen molar-refractivity contribution in [3.8, 4) is 5.75 Å². The number of hydrogen-bond acceptors (Lipinski definition) is 5. The average Bonchev–Trinajstić information content (AvgIpc) is 2.47. The second kappa shape index (κ2) is 6.53. The summed E-state index contributed by atoms with van der Waals surface area (Å²) in [7, 11) is 0. The monoisotopic (exact) mass is 294 g/mol. The summed E-state index contributed by atoms with van der Waals surface area (Å²) in [6.07, 6.45) is -0.0174. The van der Waals surface area contributed by atoms with Gasteiger partial charge in [-0.25, -0.2) is 0 Å². The van der Waals surface area contributed by atoms with Gasteiger partial charge in [0.25, 0.3) is 5.91 Å². The van der Waals surface area contributed by atoms with Crippen LogP contribution in [0.3, 0.4) is 0 Å². The SMILES string of the molecule is CC1CN(C(=O)COc2ccccc2[N+](=O)[O-])C(C)CO1. The quantitative estimate of drug-likeness (QED) is 0.622. The molecule has 1 aromatic rings. The van der Waals surface area contributed by atoms with Gasteiger partial charge >= 0.3 is 5.69 Å². The molecule has 0 bridgehead atoms. The molecule has 7 nitrogen and oxygen atoms in total. The van der Waals surface area contributed by atoms with E-state index in [-0.39, 0.29) is 36.1 Å². The molecule has 0 radical (unpaired) electrons. The Labute approximate surface area is 122 Å². The molecule has 1 heterocycles. The van der Waals surface area contributed by atoms with Crippen molar-refractivity contribution in [3.63, 3.8) is 0 Å². The molecule has 2 unspecified atom stereocenters. The summed E-state index contributed by atoms with van der Waals surface area (Å²) in [6, 6.07) is 5.99. The maximum atomic E-state index is 12.2. The summed E-state index contributed by atoms with van der Waals surface area (Å²) < 4.78 is 10.8. The normalized spacial score (nSPS) is 21.9. The lowest BCUT2D eigenvalue weighted by atomic mass is 10.2. The van der Waals surface area contributed by atoms with E-state index < -0.39 is 4.92 Å². The van der Waals surface area contributed by atoms with E-state index in [1.54, 1.807) is 17.0 Å². The number of nitrogens with zero attached hydrogens (tertiary/aromatic N) is 2. The second-order valence-electron chi connectivity index (χ2n) is 5.05. The fourth-order valence-corrected chi connectivity index (χ4v) is 2.20. The van der Waals surface area contributed by atoms with Gasteiger partial charge in [0.15, 0.2) is 12.4 Å². The smallest absolute Gasteiger partial charge is 0.310 e. The Hall–Kier alpha value is -2.15. The lowest BCUT2D eigenvalue weighted by Gasteiger charge is -2.36. The first kappa shape index (κ1) is 15.2. The molecule has 21 heavy (non-hydrogen) atoms. The van der Waals surface area contributed by atoms with E-state index in [9.17, 15) is 14.9 Å². The number of hydrogen-bond donors (Lipinski definition) is 0. The number of benzene rings is 1. The van der Waals surface area contributed by atoms with Crippen molar-refractivity contribution in [1.82, 2.24) is 4.90 Å². The minimum absolute atomic E-state index is 0.0174. The molecule has 1 amide bonds. The minimum Gasteiger partial charge on any atom is -0.477 e. The zero-order chi connectivity index (χ0) is 15.4. The molecule has 1 aliphatic rings. The van der Waals surface area contributed by atoms with Gasteiger partial charge in [0.05, 0.1) is 23.7 Å². The van der Waals surface area contributed by atoms with Crippen LogP contribution in [0.4, 0.5) is 5.69 Å². The van der Waals surface area contributed by atoms with Crippen LogP contribution in [0.1, 0.15) is 13.8 Å². The molecule has 0 aliphatic carbocycles. The van der Waals surface area contributed by atoms with E-state index >= 15 is 0 Å². The highest BCUT2D eigenvalue weighted by Gasteiger charge is 2.28. The fourth-order valence-electron chi connectivity index (χ4n) is 2.20. The molecule has 114 valence electrons. The van der Waals surface area contributed by atoms with Gasteiger partial charge in [0, 0.05) is 12.6 Å². The Morgan fingerprint density at radius 1 is 1.48 bits per heavy atom. The van der Waals surface area contributed by atoms with Gasteiger partial charge in [-0.3, -0.25) is 14.9 Å². The Bertz CT molecular complexity index is 534. The maximum absolute atomic E-state index is 12.2. The van der Waals surface area contributed by atoms with Gasteiger partial charge in [-0.1, -0.05) is 12.1 Å². The molecular formula is C14H18N2O5. The van der Waals surface area contributed by atoms with Crippen molar-refractivity contribution in [3.05, 3.63) is 34.4 Å². The summed E-state index contributed by atoms with van der Waals surface area (Å²) in [5.41, 5.74) is -0.145. The van der Waals surface area contributed by atoms with E-state index in [2.05, 4.69) is 0 Å². The van der Waals surface area contributed by atoms with Crippen LogP contribution < -0.4 is 4.74 Å². The van der Waals surface area contributed by atoms with Gasteiger partial charge in [-0.15, -0.1) is 0 Å². The molecule has 1 aliphatic heterocycles. The molecular weight excluding hydrogens is 276 g/mol. The lowest BCUT2D eigenvalue weighted by Crippen LogP contribution is -2.51. The largest absolute Gasteiger partial charge is 0.477 e. The summed E-state index contributed by atoms with van der Waals surface area (Å²) in [4.78, 5) is 24.2. The number of morpholine rings is 1. The Morgan fingerprint density at radius 2 is 2.19 bits per heavy atom. The predicted octanol–water partition coefficient (Wildman–Crippen LogP) is 1.61. The topological polar surface area (TPSA) is 81.9 Å². The summed E-state index contributed by atoms with van der Waals surface area (Å²) in [5, 5.41) is 10.9. The standard InChI is InChI=1S/C14H18N2O5/c1-10-8-20-11(2)7-15(10)14(17)9-21-13-6-4-3-5-12(13)16(18)19/h3-6,10-11H,7-9H2,1-2H3. The van der Waals surface area contributed by atoms with E-state index in [0.29, 0.717) is 13.2 Å². The van der Waals surface area contributed by atoms with Gasteiger partial charge in [0.1, 0.15) is 0 Å². The van der Waals surface area contributed by atoms with Crippen LogP contribution in [0.5, 0.6) is 5.75 Å². The Morgan fingerprint density at radius 3 is 2.90 bits per heavy atom. The number of nitro benzene ring substituents is 1. The highest BCUT2D eigenvalue weighted by Crippen LogP contribution is 2.25. The summed E-state index contributed by atoms with van der Waals surface area (Å²) >= 11 is 0. The zero-order valence-electron chi connectivity index (χ0n) is 12.0. The molecule has 1 fully saturated rings. The van der Waals surface area contributed by atoms with Crippen LogP contribution in [0, 0.1) is 10.1 Å². The van der Waals surface area contributed by atoms with Crippen LogP contribution in [0.15, 0.2) is 24.3 Å². The molecule has 1 saturated heterocycles. The highest BCUT2D eigenvalue weighted by atomic mass is 16.6. The molecule has 0 aromatic heterocycles. The number of carbonyl (C=O) groups excluding carboxylic acids is 1. The van der Waals surface area contributed by atoms with Crippen molar-refractivity contribution in [2.24, 2.45) is 0 Å². The number of amides is 1. The van der Waals surface area contributed by atoms with Crippen LogP contribution in [0.25, 0.3) is 0 Å². The zero-order valence-corrected chi connectivity index (χ0v) is 12.0. The van der Waals surface area contributed by atoms with Crippen molar-refractivity contribution >= 4 is 11.6 Å². The minimum atomic E-state index is -0.529. The van der Waals surface area contributed by atoms with E-state index in [1.807, 2.05) is 13.8 Å². The van der Waals surface area contributed by atoms with Gasteiger partial charge in [-0.05, 0) is 19.9 Å². The second-order valence-corrected chi connectivity index (χ2v) is 5.05. The summed E-state index contributed by atoms with van der Waals surface area (Å²) in [6.45, 7) is 4.56. The van der Waals surface area contributed by atoms with Crippen molar-refractivity contribution in [2.75, 3.05) is 19.8 Å².